The first-order valence-corrected chi connectivity index (χ1v) is 32.4. The third-order valence-electron chi connectivity index (χ3n) is 13.7. The van der Waals surface area contributed by atoms with E-state index in [4.69, 9.17) is 14.2 Å². The topological polar surface area (TPSA) is 78.9 Å². The molecule has 1 atom stereocenters. The van der Waals surface area contributed by atoms with E-state index in [1.165, 1.54) is 148 Å². The summed E-state index contributed by atoms with van der Waals surface area (Å²) in [5, 5.41) is 0. The second kappa shape index (κ2) is 64.6. The van der Waals surface area contributed by atoms with Gasteiger partial charge in [0.25, 0.3) is 0 Å². The average molecular weight is 1070 g/mol. The highest BCUT2D eigenvalue weighted by Gasteiger charge is 2.19. The van der Waals surface area contributed by atoms with Gasteiger partial charge in [-0.15, -0.1) is 0 Å². The molecule has 0 saturated heterocycles. The summed E-state index contributed by atoms with van der Waals surface area (Å²) < 4.78 is 16.8. The summed E-state index contributed by atoms with van der Waals surface area (Å²) in [5.74, 6) is -0.971. The Morgan fingerprint density at radius 1 is 0.273 bits per heavy atom. The van der Waals surface area contributed by atoms with Crippen molar-refractivity contribution in [3.63, 3.8) is 0 Å². The molecule has 1 unspecified atom stereocenters. The van der Waals surface area contributed by atoms with Crippen molar-refractivity contribution in [2.24, 2.45) is 0 Å². The molecule has 77 heavy (non-hydrogen) atoms. The minimum absolute atomic E-state index is 0.104. The smallest absolute Gasteiger partial charge is 0.306 e. The van der Waals surface area contributed by atoms with Gasteiger partial charge in [0.2, 0.25) is 0 Å². The molecule has 0 aromatic heterocycles. The number of ether oxygens (including phenoxy) is 3. The van der Waals surface area contributed by atoms with Crippen molar-refractivity contribution >= 4 is 17.9 Å². The molecular weight excluding hydrogens is 949 g/mol. The SMILES string of the molecule is CC/C=C\C/C=C\C/C=C\C/C=C\CCCCC(=O)OC(COC(=O)CCCCC/C=C\C/C=C\C/C=C\CC)COC(=O)CCCCCCCCCCCCCCCCCCCCC/C=C\C/C=C\CCCCCCC. The molecule has 0 spiro atoms. The number of allylic oxidation sites excluding steroid dienone is 18. The van der Waals surface area contributed by atoms with Gasteiger partial charge in [0, 0.05) is 19.3 Å². The van der Waals surface area contributed by atoms with Gasteiger partial charge in [-0.2, -0.15) is 0 Å². The number of esters is 3. The normalized spacial score (nSPS) is 12.8. The lowest BCUT2D eigenvalue weighted by Gasteiger charge is -2.18. The summed E-state index contributed by atoms with van der Waals surface area (Å²) in [6.07, 6.45) is 88.4. The van der Waals surface area contributed by atoms with Gasteiger partial charge in [-0.05, 0) is 122 Å². The molecule has 0 aliphatic rings. The van der Waals surface area contributed by atoms with Crippen molar-refractivity contribution in [3.05, 3.63) is 109 Å². The van der Waals surface area contributed by atoms with E-state index in [0.717, 1.165) is 109 Å². The Bertz CT molecular complexity index is 1560. The summed E-state index contributed by atoms with van der Waals surface area (Å²) in [5.41, 5.74) is 0. The Balaban J connectivity index is 4.21. The lowest BCUT2D eigenvalue weighted by Crippen LogP contribution is -2.30. The van der Waals surface area contributed by atoms with Crippen molar-refractivity contribution < 1.29 is 28.6 Å². The van der Waals surface area contributed by atoms with Crippen LogP contribution in [-0.2, 0) is 28.6 Å². The molecule has 0 saturated carbocycles. The van der Waals surface area contributed by atoms with Crippen LogP contribution in [0.5, 0.6) is 0 Å². The first-order valence-electron chi connectivity index (χ1n) is 32.4. The molecule has 0 aliphatic heterocycles. The number of rotatable bonds is 58. The maximum absolute atomic E-state index is 12.8. The summed E-state index contributed by atoms with van der Waals surface area (Å²) in [7, 11) is 0. The number of carbonyl (C=O) groups excluding carboxylic acids is 3. The highest BCUT2D eigenvalue weighted by atomic mass is 16.6. The van der Waals surface area contributed by atoms with E-state index in [1.54, 1.807) is 0 Å². The van der Waals surface area contributed by atoms with Crippen LogP contribution in [0.3, 0.4) is 0 Å². The third-order valence-corrected chi connectivity index (χ3v) is 13.7. The summed E-state index contributed by atoms with van der Waals surface area (Å²) in [6, 6.07) is 0. The van der Waals surface area contributed by atoms with E-state index in [1.807, 2.05) is 0 Å². The minimum atomic E-state index is -0.813. The quantitative estimate of drug-likeness (QED) is 0.0261. The Labute approximate surface area is 476 Å². The van der Waals surface area contributed by atoms with Gasteiger partial charge >= 0.3 is 17.9 Å². The molecule has 0 fully saturated rings. The van der Waals surface area contributed by atoms with Crippen molar-refractivity contribution in [3.8, 4) is 0 Å². The molecule has 0 aliphatic carbocycles. The molecule has 6 nitrogen and oxygen atoms in total. The van der Waals surface area contributed by atoms with Crippen molar-refractivity contribution in [2.45, 2.75) is 309 Å². The van der Waals surface area contributed by atoms with Crippen molar-refractivity contribution in [2.75, 3.05) is 13.2 Å². The highest BCUT2D eigenvalue weighted by Crippen LogP contribution is 2.16. The number of unbranched alkanes of at least 4 members (excludes halogenated alkanes) is 29. The average Bonchev–Trinajstić information content (AvgIpc) is 3.43. The molecule has 0 rings (SSSR count). The van der Waals surface area contributed by atoms with Gasteiger partial charge in [-0.3, -0.25) is 14.4 Å². The van der Waals surface area contributed by atoms with Gasteiger partial charge < -0.3 is 14.2 Å². The van der Waals surface area contributed by atoms with Gasteiger partial charge in [0.15, 0.2) is 6.10 Å². The minimum Gasteiger partial charge on any atom is -0.462 e. The fraction of sp³-hybridized carbons (Fsp3) is 0.704. The Hall–Kier alpha value is -3.93. The Morgan fingerprint density at radius 3 is 0.831 bits per heavy atom. The van der Waals surface area contributed by atoms with Crippen LogP contribution in [0, 0.1) is 0 Å². The predicted octanol–water partition coefficient (Wildman–Crippen LogP) is 22.2. The molecule has 6 heteroatoms. The summed E-state index contributed by atoms with van der Waals surface area (Å²) in [6.45, 7) is 6.36. The van der Waals surface area contributed by atoms with E-state index in [2.05, 4.69) is 130 Å². The monoisotopic (exact) mass is 1070 g/mol. The van der Waals surface area contributed by atoms with E-state index in [-0.39, 0.29) is 37.5 Å². The summed E-state index contributed by atoms with van der Waals surface area (Å²) >= 11 is 0. The lowest BCUT2D eigenvalue weighted by atomic mass is 10.0. The zero-order valence-corrected chi connectivity index (χ0v) is 50.4. The van der Waals surface area contributed by atoms with Crippen LogP contribution in [0.15, 0.2) is 109 Å². The van der Waals surface area contributed by atoms with E-state index < -0.39 is 6.10 Å². The molecule has 0 bridgehead atoms. The maximum Gasteiger partial charge on any atom is 0.306 e. The molecule has 0 N–H and O–H groups in total. The Kier molecular flexibility index (Phi) is 61.3. The fourth-order valence-electron chi connectivity index (χ4n) is 8.95. The molecule has 0 aromatic rings. The molecule has 0 aromatic carbocycles. The maximum atomic E-state index is 12.8. The van der Waals surface area contributed by atoms with E-state index >= 15 is 0 Å². The van der Waals surface area contributed by atoms with Crippen LogP contribution in [0.2, 0.25) is 0 Å². The highest BCUT2D eigenvalue weighted by molar-refractivity contribution is 5.71. The molecular formula is C71H120O6. The van der Waals surface area contributed by atoms with Crippen molar-refractivity contribution in [1.29, 1.82) is 0 Å². The van der Waals surface area contributed by atoms with Gasteiger partial charge in [-0.1, -0.05) is 271 Å². The first kappa shape index (κ1) is 73.1. The number of carbonyl (C=O) groups is 3. The largest absolute Gasteiger partial charge is 0.462 e. The third kappa shape index (κ3) is 62.8. The predicted molar refractivity (Wildman–Crippen MR) is 334 cm³/mol. The molecule has 0 heterocycles. The van der Waals surface area contributed by atoms with Crippen molar-refractivity contribution in [1.82, 2.24) is 0 Å². The van der Waals surface area contributed by atoms with Gasteiger partial charge in [0.1, 0.15) is 13.2 Å². The van der Waals surface area contributed by atoms with Crippen LogP contribution in [-0.4, -0.2) is 37.2 Å². The number of hydrogen-bond acceptors (Lipinski definition) is 6. The van der Waals surface area contributed by atoms with Gasteiger partial charge in [0.05, 0.1) is 0 Å². The van der Waals surface area contributed by atoms with Gasteiger partial charge in [-0.25, -0.2) is 0 Å². The fourth-order valence-corrected chi connectivity index (χ4v) is 8.95. The standard InChI is InChI=1S/C71H120O6/c1-4-7-10-13-16-19-22-25-27-28-29-30-31-32-33-34-35-36-37-38-39-40-41-42-44-46-49-52-55-58-61-64-70(73)76-67-68(66-75-69(72)63-60-57-54-51-48-45-24-21-18-15-12-9-6-3)77-71(74)65-62-59-56-53-50-47-43-26-23-20-17-14-11-8-5-2/h8-9,11-12,17-18,20-22,25-26,28-29,43,45,48,50,53,68H,4-7,10,13-16,19,23-24,27,30-42,44,46-47,49,51-52,54-67H2,1-3H3/b11-8-,12-9-,20-17-,21-18-,25-22-,29-28-,43-26-,48-45-,53-50-. The lowest BCUT2D eigenvalue weighted by molar-refractivity contribution is -0.167. The molecule has 440 valence electrons. The van der Waals surface area contributed by atoms with Crippen LogP contribution in [0.4, 0.5) is 0 Å². The van der Waals surface area contributed by atoms with Crippen LogP contribution >= 0.6 is 0 Å². The molecule has 0 amide bonds. The first-order chi connectivity index (χ1) is 38.0. The van der Waals surface area contributed by atoms with E-state index in [0.29, 0.717) is 19.3 Å². The summed E-state index contributed by atoms with van der Waals surface area (Å²) in [4.78, 5) is 38.2. The zero-order chi connectivity index (χ0) is 55.7. The second-order valence-electron chi connectivity index (χ2n) is 21.3. The Morgan fingerprint density at radius 2 is 0.506 bits per heavy atom. The molecule has 0 radical (unpaired) electrons. The van der Waals surface area contributed by atoms with Crippen LogP contribution < -0.4 is 0 Å². The van der Waals surface area contributed by atoms with Crippen LogP contribution in [0.25, 0.3) is 0 Å². The number of hydrogen-bond donors (Lipinski definition) is 0. The second-order valence-corrected chi connectivity index (χ2v) is 21.3. The zero-order valence-electron chi connectivity index (χ0n) is 50.4. The van der Waals surface area contributed by atoms with E-state index in [9.17, 15) is 14.4 Å². The van der Waals surface area contributed by atoms with Crippen LogP contribution in [0.1, 0.15) is 303 Å².